The Kier molecular flexibility index (Phi) is 6.35. The molecule has 1 aliphatic carbocycles. The largest absolute Gasteiger partial charge is 0.351 e. The van der Waals surface area contributed by atoms with Crippen LogP contribution in [0.1, 0.15) is 50.5 Å². The van der Waals surface area contributed by atoms with Gasteiger partial charge in [0.05, 0.1) is 0 Å². The zero-order chi connectivity index (χ0) is 22.8. The van der Waals surface area contributed by atoms with Crippen molar-refractivity contribution in [2.75, 3.05) is 23.3 Å². The molecule has 1 aliphatic heterocycles. The summed E-state index contributed by atoms with van der Waals surface area (Å²) in [5.41, 5.74) is 8.52. The molecule has 5 rings (SSSR count). The Labute approximate surface area is 194 Å². The number of hydrogen-bond acceptors (Lipinski definition) is 6. The summed E-state index contributed by atoms with van der Waals surface area (Å²) in [6.07, 6.45) is 8.35. The molecule has 33 heavy (non-hydrogen) atoms. The van der Waals surface area contributed by atoms with Crippen molar-refractivity contribution < 1.29 is 0 Å². The van der Waals surface area contributed by atoms with Crippen LogP contribution in [0.3, 0.4) is 0 Å². The Morgan fingerprint density at radius 1 is 1.06 bits per heavy atom. The lowest BCUT2D eigenvalue weighted by atomic mass is 9.89. The molecule has 3 N–H and O–H groups in total. The third-order valence-electron chi connectivity index (χ3n) is 7.17. The van der Waals surface area contributed by atoms with Crippen LogP contribution in [0.2, 0.25) is 0 Å². The topological polar surface area (TPSA) is 94.0 Å². The third-order valence-corrected chi connectivity index (χ3v) is 7.17. The van der Waals surface area contributed by atoms with Crippen molar-refractivity contribution in [1.29, 1.82) is 0 Å². The molecule has 3 aromatic rings. The van der Waals surface area contributed by atoms with Crippen LogP contribution in [0, 0.1) is 5.92 Å². The van der Waals surface area contributed by atoms with Crippen LogP contribution in [0.4, 0.5) is 11.9 Å². The first-order valence-electron chi connectivity index (χ1n) is 12.4. The first-order valence-corrected chi connectivity index (χ1v) is 12.4. The number of imidazole rings is 1. The van der Waals surface area contributed by atoms with Gasteiger partial charge in [-0.15, -0.1) is 0 Å². The maximum absolute atomic E-state index is 13.6. The van der Waals surface area contributed by atoms with Crippen molar-refractivity contribution >= 4 is 23.1 Å². The summed E-state index contributed by atoms with van der Waals surface area (Å²) >= 11 is 0. The highest BCUT2D eigenvalue weighted by atomic mass is 16.1. The molecule has 0 bridgehead atoms. The average molecular weight is 450 g/mol. The molecule has 0 amide bonds. The van der Waals surface area contributed by atoms with Crippen LogP contribution in [0.15, 0.2) is 35.1 Å². The molecule has 176 valence electrons. The molecule has 1 atom stereocenters. The van der Waals surface area contributed by atoms with Crippen LogP contribution in [-0.2, 0) is 20.1 Å². The summed E-state index contributed by atoms with van der Waals surface area (Å²) in [7, 11) is 1.79. The number of fused-ring (bicyclic) bond motifs is 1. The summed E-state index contributed by atoms with van der Waals surface area (Å²) in [5.74, 6) is 1.98. The number of hydrogen-bond donors (Lipinski definition) is 2. The van der Waals surface area contributed by atoms with E-state index in [-0.39, 0.29) is 11.6 Å². The first kappa shape index (κ1) is 21.9. The minimum Gasteiger partial charge on any atom is -0.351 e. The molecule has 1 saturated carbocycles. The molecular weight excluding hydrogens is 414 g/mol. The average Bonchev–Trinajstić information content (AvgIpc) is 3.20. The van der Waals surface area contributed by atoms with Gasteiger partial charge in [-0.3, -0.25) is 9.36 Å². The molecule has 2 fully saturated rings. The predicted molar refractivity (Wildman–Crippen MR) is 133 cm³/mol. The van der Waals surface area contributed by atoms with Gasteiger partial charge in [0.25, 0.3) is 5.56 Å². The van der Waals surface area contributed by atoms with Gasteiger partial charge in [0, 0.05) is 39.3 Å². The highest BCUT2D eigenvalue weighted by molar-refractivity contribution is 5.75. The SMILES string of the molecule is Cn1c(NCc2ccccc2)nc2nc(N3CCCC(N)C3)n(CC3CCCCC3)c2c1=O. The fourth-order valence-electron chi connectivity index (χ4n) is 5.32. The van der Waals surface area contributed by atoms with E-state index in [9.17, 15) is 4.79 Å². The Hall–Kier alpha value is -2.87. The van der Waals surface area contributed by atoms with Gasteiger partial charge >= 0.3 is 0 Å². The van der Waals surface area contributed by atoms with E-state index in [1.807, 2.05) is 18.2 Å². The molecule has 1 aromatic carbocycles. The minimum absolute atomic E-state index is 0.0496. The second-order valence-electron chi connectivity index (χ2n) is 9.69. The van der Waals surface area contributed by atoms with Crippen molar-refractivity contribution in [1.82, 2.24) is 19.1 Å². The Morgan fingerprint density at radius 2 is 1.85 bits per heavy atom. The van der Waals surface area contributed by atoms with Crippen LogP contribution in [0.25, 0.3) is 11.2 Å². The quantitative estimate of drug-likeness (QED) is 0.600. The summed E-state index contributed by atoms with van der Waals surface area (Å²) in [6.45, 7) is 3.11. The van der Waals surface area contributed by atoms with E-state index in [0.29, 0.717) is 29.6 Å². The Morgan fingerprint density at radius 3 is 2.61 bits per heavy atom. The van der Waals surface area contributed by atoms with Crippen molar-refractivity contribution in [2.45, 2.75) is 64.1 Å². The monoisotopic (exact) mass is 449 g/mol. The molecule has 8 heteroatoms. The smallest absolute Gasteiger partial charge is 0.280 e. The summed E-state index contributed by atoms with van der Waals surface area (Å²) < 4.78 is 3.77. The zero-order valence-corrected chi connectivity index (χ0v) is 19.5. The number of rotatable bonds is 6. The minimum atomic E-state index is -0.0496. The first-order chi connectivity index (χ1) is 16.1. The summed E-state index contributed by atoms with van der Waals surface area (Å²) in [4.78, 5) is 25.5. The maximum atomic E-state index is 13.6. The third kappa shape index (κ3) is 4.62. The van der Waals surface area contributed by atoms with Gasteiger partial charge in [-0.25, -0.2) is 0 Å². The van der Waals surface area contributed by atoms with E-state index in [1.54, 1.807) is 11.6 Å². The number of nitrogens with one attached hydrogen (secondary N) is 1. The van der Waals surface area contributed by atoms with Crippen molar-refractivity contribution in [3.05, 3.63) is 46.2 Å². The summed E-state index contributed by atoms with van der Waals surface area (Å²) in [5, 5.41) is 3.33. The Bertz CT molecular complexity index is 1150. The molecule has 1 saturated heterocycles. The van der Waals surface area contributed by atoms with E-state index in [4.69, 9.17) is 15.7 Å². The molecule has 0 radical (unpaired) electrons. The number of benzene rings is 1. The van der Waals surface area contributed by atoms with Crippen molar-refractivity contribution in [2.24, 2.45) is 18.7 Å². The van der Waals surface area contributed by atoms with Crippen molar-refractivity contribution in [3.63, 3.8) is 0 Å². The van der Waals surface area contributed by atoms with Crippen LogP contribution >= 0.6 is 0 Å². The normalized spacial score (nSPS) is 19.8. The van der Waals surface area contributed by atoms with Gasteiger partial charge in [0.1, 0.15) is 0 Å². The van der Waals surface area contributed by atoms with Gasteiger partial charge in [-0.2, -0.15) is 9.97 Å². The van der Waals surface area contributed by atoms with E-state index in [1.165, 1.54) is 32.1 Å². The second kappa shape index (κ2) is 9.55. The second-order valence-corrected chi connectivity index (χ2v) is 9.69. The molecule has 0 spiro atoms. The molecule has 3 heterocycles. The molecule has 2 aromatic heterocycles. The van der Waals surface area contributed by atoms with Gasteiger partial charge in [0.15, 0.2) is 11.2 Å². The standard InChI is InChI=1S/C25H35N7O/c1-30-23(33)21-22(28-24(30)27-15-18-9-4-2-5-10-18)29-25(31-14-8-13-20(26)17-31)32(21)16-19-11-6-3-7-12-19/h2,4-5,9-10,19-20H,3,6-8,11-17,26H2,1H3,(H,27,28). The van der Waals surface area contributed by atoms with Crippen molar-refractivity contribution in [3.8, 4) is 0 Å². The number of aromatic nitrogens is 4. The maximum Gasteiger partial charge on any atom is 0.280 e. The number of nitrogens with two attached hydrogens (primary N) is 1. The van der Waals surface area contributed by atoms with Gasteiger partial charge in [0.2, 0.25) is 11.9 Å². The lowest BCUT2D eigenvalue weighted by Crippen LogP contribution is -2.44. The van der Waals surface area contributed by atoms with Gasteiger partial charge < -0.3 is 20.5 Å². The Balaban J connectivity index is 1.53. The number of anilines is 2. The van der Waals surface area contributed by atoms with Gasteiger partial charge in [-0.05, 0) is 37.2 Å². The van der Waals surface area contributed by atoms with E-state index < -0.39 is 0 Å². The lowest BCUT2D eigenvalue weighted by molar-refractivity contribution is 0.321. The molecule has 8 nitrogen and oxygen atoms in total. The summed E-state index contributed by atoms with van der Waals surface area (Å²) in [6, 6.07) is 10.3. The number of nitrogens with zero attached hydrogens (tertiary/aromatic N) is 5. The van der Waals surface area contributed by atoms with E-state index >= 15 is 0 Å². The van der Waals surface area contributed by atoms with Crippen LogP contribution < -0.4 is 21.5 Å². The molecular formula is C25H35N7O. The number of piperidine rings is 1. The van der Waals surface area contributed by atoms with Crippen LogP contribution in [0.5, 0.6) is 0 Å². The highest BCUT2D eigenvalue weighted by Crippen LogP contribution is 2.30. The van der Waals surface area contributed by atoms with E-state index in [0.717, 1.165) is 44.0 Å². The molecule has 2 aliphatic rings. The van der Waals surface area contributed by atoms with E-state index in [2.05, 4.69) is 26.9 Å². The fourth-order valence-corrected chi connectivity index (χ4v) is 5.32. The fraction of sp³-hybridized carbons (Fsp3) is 0.560. The van der Waals surface area contributed by atoms with Crippen LogP contribution in [-0.4, -0.2) is 38.2 Å². The van der Waals surface area contributed by atoms with Gasteiger partial charge in [-0.1, -0.05) is 49.6 Å². The highest BCUT2D eigenvalue weighted by Gasteiger charge is 2.27. The predicted octanol–water partition coefficient (Wildman–Crippen LogP) is 3.25. The lowest BCUT2D eigenvalue weighted by Gasteiger charge is -2.32. The zero-order valence-electron chi connectivity index (χ0n) is 19.5. The molecule has 1 unspecified atom stereocenters.